The van der Waals surface area contributed by atoms with E-state index in [0.29, 0.717) is 18.0 Å². The van der Waals surface area contributed by atoms with Crippen molar-refractivity contribution in [1.82, 2.24) is 15.3 Å². The van der Waals surface area contributed by atoms with Gasteiger partial charge in [0.2, 0.25) is 5.91 Å². The molecule has 2 aromatic rings. The summed E-state index contributed by atoms with van der Waals surface area (Å²) < 4.78 is 0. The molecule has 3 rings (SSSR count). The van der Waals surface area contributed by atoms with E-state index in [-0.39, 0.29) is 17.5 Å². The van der Waals surface area contributed by atoms with Gasteiger partial charge in [0.15, 0.2) is 0 Å². The number of nitrogens with one attached hydrogen (secondary N) is 2. The first-order chi connectivity index (χ1) is 12.6. The molecule has 1 aliphatic rings. The van der Waals surface area contributed by atoms with Gasteiger partial charge in [-0.3, -0.25) is 9.59 Å². The van der Waals surface area contributed by atoms with E-state index >= 15 is 0 Å². The average molecular weight is 394 g/mol. The summed E-state index contributed by atoms with van der Waals surface area (Å²) in [6.07, 6.45) is 6.87. The molecule has 1 amide bonds. The number of thiophene rings is 1. The smallest absolute Gasteiger partial charge is 0.259 e. The highest BCUT2D eigenvalue weighted by Gasteiger charge is 2.19. The van der Waals surface area contributed by atoms with Crippen LogP contribution < -0.4 is 10.9 Å². The maximum atomic E-state index is 12.5. The molecule has 142 valence electrons. The third kappa shape index (κ3) is 4.49. The lowest BCUT2D eigenvalue weighted by atomic mass is 9.97. The van der Waals surface area contributed by atoms with Crippen molar-refractivity contribution in [3.63, 3.8) is 0 Å². The lowest BCUT2D eigenvalue weighted by molar-refractivity contribution is -0.121. The maximum absolute atomic E-state index is 12.5. The molecule has 0 aliphatic heterocycles. The highest BCUT2D eigenvalue weighted by Crippen LogP contribution is 2.33. The molecule has 2 heterocycles. The number of aromatic amines is 1. The van der Waals surface area contributed by atoms with E-state index in [4.69, 9.17) is 0 Å². The molecule has 7 heteroatoms. The first-order valence-corrected chi connectivity index (χ1v) is 11.5. The molecule has 0 aromatic carbocycles. The molecule has 0 unspecified atom stereocenters. The summed E-state index contributed by atoms with van der Waals surface area (Å²) in [4.78, 5) is 34.3. The topological polar surface area (TPSA) is 74.8 Å². The Balaban J connectivity index is 1.56. The molecule has 1 aliphatic carbocycles. The standard InChI is InChI=1S/C19H27N3O2S2/c1-3-12(4-2)20-16(23)9-10-25-11-15-21-18(24)17-13-7-5-6-8-14(13)26-19(17)22-15/h12H,3-11H2,1-2H3,(H,20,23)(H,21,22,24). The lowest BCUT2D eigenvalue weighted by Crippen LogP contribution is -2.33. The van der Waals surface area contributed by atoms with Crippen LogP contribution in [0.2, 0.25) is 0 Å². The molecule has 0 bridgehead atoms. The van der Waals surface area contributed by atoms with Crippen molar-refractivity contribution in [2.45, 2.75) is 70.6 Å². The van der Waals surface area contributed by atoms with E-state index in [2.05, 4.69) is 29.1 Å². The van der Waals surface area contributed by atoms with E-state index in [0.717, 1.165) is 48.1 Å². The fourth-order valence-electron chi connectivity index (χ4n) is 3.40. The Kier molecular flexibility index (Phi) is 6.75. The highest BCUT2D eigenvalue weighted by molar-refractivity contribution is 7.98. The number of H-pyrrole nitrogens is 1. The predicted octanol–water partition coefficient (Wildman–Crippen LogP) is 3.79. The zero-order chi connectivity index (χ0) is 18.5. The number of rotatable bonds is 8. The van der Waals surface area contributed by atoms with Crippen LogP contribution in [0.25, 0.3) is 10.2 Å². The normalized spacial score (nSPS) is 14.0. The van der Waals surface area contributed by atoms with Crippen molar-refractivity contribution in [3.05, 3.63) is 26.6 Å². The van der Waals surface area contributed by atoms with Gasteiger partial charge in [-0.05, 0) is 44.1 Å². The highest BCUT2D eigenvalue weighted by atomic mass is 32.2. The van der Waals surface area contributed by atoms with Crippen LogP contribution in [-0.4, -0.2) is 27.7 Å². The quantitative estimate of drug-likeness (QED) is 0.669. The number of carbonyl (C=O) groups excluding carboxylic acids is 1. The van der Waals surface area contributed by atoms with Gasteiger partial charge in [-0.2, -0.15) is 11.8 Å². The second-order valence-corrected chi connectivity index (χ2v) is 8.98. The largest absolute Gasteiger partial charge is 0.353 e. The Hall–Kier alpha value is -1.34. The van der Waals surface area contributed by atoms with Crippen LogP contribution in [0.5, 0.6) is 0 Å². The first-order valence-electron chi connectivity index (χ1n) is 9.52. The van der Waals surface area contributed by atoms with Gasteiger partial charge < -0.3 is 10.3 Å². The number of aryl methyl sites for hydroxylation is 2. The fraction of sp³-hybridized carbons (Fsp3) is 0.632. The Morgan fingerprint density at radius 2 is 2.08 bits per heavy atom. The molecule has 0 saturated heterocycles. The van der Waals surface area contributed by atoms with Crippen molar-refractivity contribution in [3.8, 4) is 0 Å². The second-order valence-electron chi connectivity index (χ2n) is 6.79. The number of fused-ring (bicyclic) bond motifs is 3. The molecule has 0 spiro atoms. The minimum Gasteiger partial charge on any atom is -0.353 e. The molecule has 26 heavy (non-hydrogen) atoms. The molecular weight excluding hydrogens is 366 g/mol. The van der Waals surface area contributed by atoms with E-state index < -0.39 is 0 Å². The minimum atomic E-state index is -0.00326. The zero-order valence-electron chi connectivity index (χ0n) is 15.5. The molecule has 2 N–H and O–H groups in total. The van der Waals surface area contributed by atoms with Gasteiger partial charge >= 0.3 is 0 Å². The Morgan fingerprint density at radius 3 is 2.85 bits per heavy atom. The summed E-state index contributed by atoms with van der Waals surface area (Å²) in [5.41, 5.74) is 1.22. The van der Waals surface area contributed by atoms with Crippen molar-refractivity contribution >= 4 is 39.2 Å². The number of nitrogens with zero attached hydrogens (tertiary/aromatic N) is 1. The summed E-state index contributed by atoms with van der Waals surface area (Å²) in [6.45, 7) is 4.17. The van der Waals surface area contributed by atoms with Gasteiger partial charge in [0, 0.05) is 23.1 Å². The number of amides is 1. The van der Waals surface area contributed by atoms with E-state index in [1.54, 1.807) is 23.1 Å². The monoisotopic (exact) mass is 393 g/mol. The number of hydrogen-bond donors (Lipinski definition) is 2. The Morgan fingerprint density at radius 1 is 1.31 bits per heavy atom. The lowest BCUT2D eigenvalue weighted by Gasteiger charge is -2.14. The van der Waals surface area contributed by atoms with Crippen LogP contribution in [0.3, 0.4) is 0 Å². The molecule has 0 radical (unpaired) electrons. The fourth-order valence-corrected chi connectivity index (χ4v) is 5.49. The summed E-state index contributed by atoms with van der Waals surface area (Å²) in [5, 5.41) is 3.86. The summed E-state index contributed by atoms with van der Waals surface area (Å²) in [7, 11) is 0. The SMILES string of the molecule is CCC(CC)NC(=O)CCSCc1nc2sc3c(c2c(=O)[nH]1)CCCC3. The van der Waals surface area contributed by atoms with Gasteiger partial charge in [-0.15, -0.1) is 11.3 Å². The van der Waals surface area contributed by atoms with Crippen LogP contribution in [0, 0.1) is 0 Å². The van der Waals surface area contributed by atoms with Crippen molar-refractivity contribution < 1.29 is 4.79 Å². The third-order valence-corrected chi connectivity index (χ3v) is 7.09. The number of hydrogen-bond acceptors (Lipinski definition) is 5. The van der Waals surface area contributed by atoms with Gasteiger partial charge in [0.05, 0.1) is 11.1 Å². The van der Waals surface area contributed by atoms with Crippen LogP contribution in [0.1, 0.15) is 62.2 Å². The van der Waals surface area contributed by atoms with Crippen LogP contribution in [0.15, 0.2) is 4.79 Å². The van der Waals surface area contributed by atoms with Gasteiger partial charge in [-0.25, -0.2) is 4.98 Å². The average Bonchev–Trinajstić information content (AvgIpc) is 3.02. The van der Waals surface area contributed by atoms with E-state index in [1.807, 2.05) is 0 Å². The summed E-state index contributed by atoms with van der Waals surface area (Å²) in [5.74, 6) is 2.18. The van der Waals surface area contributed by atoms with Crippen molar-refractivity contribution in [2.75, 3.05) is 5.75 Å². The van der Waals surface area contributed by atoms with E-state index in [9.17, 15) is 9.59 Å². The van der Waals surface area contributed by atoms with Gasteiger partial charge in [-0.1, -0.05) is 13.8 Å². The molecule has 0 saturated carbocycles. The van der Waals surface area contributed by atoms with Crippen LogP contribution >= 0.6 is 23.1 Å². The molecule has 0 atom stereocenters. The number of thioether (sulfide) groups is 1. The Labute approximate surface area is 162 Å². The molecule has 2 aromatic heterocycles. The molecule has 5 nitrogen and oxygen atoms in total. The molecular formula is C19H27N3O2S2. The van der Waals surface area contributed by atoms with Crippen LogP contribution in [0.4, 0.5) is 0 Å². The van der Waals surface area contributed by atoms with Crippen molar-refractivity contribution in [2.24, 2.45) is 0 Å². The second kappa shape index (κ2) is 9.04. The summed E-state index contributed by atoms with van der Waals surface area (Å²) in [6, 6.07) is 0.276. The van der Waals surface area contributed by atoms with Gasteiger partial charge in [0.1, 0.15) is 10.7 Å². The molecule has 0 fully saturated rings. The zero-order valence-corrected chi connectivity index (χ0v) is 17.2. The minimum absolute atomic E-state index is 0.00326. The first kappa shape index (κ1) is 19.4. The van der Waals surface area contributed by atoms with Gasteiger partial charge in [0.25, 0.3) is 5.56 Å². The third-order valence-electron chi connectivity index (χ3n) is 4.94. The van der Waals surface area contributed by atoms with E-state index in [1.165, 1.54) is 16.9 Å². The number of carbonyl (C=O) groups is 1. The van der Waals surface area contributed by atoms with Crippen LogP contribution in [-0.2, 0) is 23.4 Å². The van der Waals surface area contributed by atoms with Crippen molar-refractivity contribution in [1.29, 1.82) is 0 Å². The number of aromatic nitrogens is 2. The predicted molar refractivity (Wildman–Crippen MR) is 110 cm³/mol. The Bertz CT molecular complexity index is 824. The maximum Gasteiger partial charge on any atom is 0.259 e. The summed E-state index contributed by atoms with van der Waals surface area (Å²) >= 11 is 3.32.